The van der Waals surface area contributed by atoms with Crippen LogP contribution in [0.15, 0.2) is 15.3 Å². The van der Waals surface area contributed by atoms with Crippen LogP contribution in [0.25, 0.3) is 0 Å². The van der Waals surface area contributed by atoms with Crippen molar-refractivity contribution in [1.82, 2.24) is 14.9 Å². The number of hydrogen-bond donors (Lipinski definition) is 0. The van der Waals surface area contributed by atoms with Crippen molar-refractivity contribution in [3.63, 3.8) is 0 Å². The van der Waals surface area contributed by atoms with Crippen molar-refractivity contribution < 1.29 is 0 Å². The number of hydrogen-bond acceptors (Lipinski definition) is 3. The van der Waals surface area contributed by atoms with Gasteiger partial charge in [-0.05, 0) is 57.8 Å². The van der Waals surface area contributed by atoms with Gasteiger partial charge in [0, 0.05) is 19.0 Å². The molecule has 1 saturated heterocycles. The highest BCUT2D eigenvalue weighted by molar-refractivity contribution is 9.11. The molecule has 0 N–H and O–H groups in total. The zero-order chi connectivity index (χ0) is 10.7. The molecule has 1 aromatic heterocycles. The largest absolute Gasteiger partial charge is 0.303 e. The summed E-state index contributed by atoms with van der Waals surface area (Å²) in [5.41, 5.74) is 0. The SMILES string of the molecule is Brc1cc(Br)nc(CCN2CCCC2)n1. The molecular formula is C10H13Br2N3. The number of rotatable bonds is 3. The van der Waals surface area contributed by atoms with E-state index in [1.165, 1.54) is 25.9 Å². The Labute approximate surface area is 107 Å². The van der Waals surface area contributed by atoms with Crippen molar-refractivity contribution in [2.75, 3.05) is 19.6 Å². The third-order valence-corrected chi connectivity index (χ3v) is 3.37. The molecule has 0 aromatic carbocycles. The molecule has 3 nitrogen and oxygen atoms in total. The van der Waals surface area contributed by atoms with Gasteiger partial charge in [-0.15, -0.1) is 0 Å². The van der Waals surface area contributed by atoms with Gasteiger partial charge >= 0.3 is 0 Å². The van der Waals surface area contributed by atoms with Gasteiger partial charge in [0.25, 0.3) is 0 Å². The molecule has 0 saturated carbocycles. The quantitative estimate of drug-likeness (QED) is 0.796. The van der Waals surface area contributed by atoms with Gasteiger partial charge in [-0.2, -0.15) is 0 Å². The van der Waals surface area contributed by atoms with E-state index in [2.05, 4.69) is 46.7 Å². The Kier molecular flexibility index (Phi) is 4.11. The third kappa shape index (κ3) is 3.50. The van der Waals surface area contributed by atoms with E-state index in [0.717, 1.165) is 28.0 Å². The second-order valence-electron chi connectivity index (χ2n) is 3.73. The molecule has 0 spiro atoms. The lowest BCUT2D eigenvalue weighted by molar-refractivity contribution is 0.340. The number of nitrogens with zero attached hydrogens (tertiary/aromatic N) is 3. The van der Waals surface area contributed by atoms with Gasteiger partial charge in [-0.3, -0.25) is 0 Å². The molecule has 0 bridgehead atoms. The summed E-state index contributed by atoms with van der Waals surface area (Å²) in [5.74, 6) is 0.906. The minimum atomic E-state index is 0.848. The second-order valence-corrected chi connectivity index (χ2v) is 5.35. The first kappa shape index (κ1) is 11.5. The molecule has 5 heteroatoms. The minimum absolute atomic E-state index is 0.848. The Morgan fingerprint density at radius 2 is 1.73 bits per heavy atom. The van der Waals surface area contributed by atoms with Gasteiger partial charge in [0.15, 0.2) is 0 Å². The maximum atomic E-state index is 4.34. The van der Waals surface area contributed by atoms with Crippen LogP contribution in [-0.4, -0.2) is 34.5 Å². The maximum absolute atomic E-state index is 4.34. The van der Waals surface area contributed by atoms with E-state index < -0.39 is 0 Å². The Morgan fingerprint density at radius 3 is 2.33 bits per heavy atom. The standard InChI is InChI=1S/C10H13Br2N3/c11-8-7-9(12)14-10(13-8)3-6-15-4-1-2-5-15/h7H,1-6H2. The third-order valence-electron chi connectivity index (χ3n) is 2.56. The zero-order valence-electron chi connectivity index (χ0n) is 8.42. The molecule has 82 valence electrons. The molecule has 15 heavy (non-hydrogen) atoms. The molecule has 1 aliphatic rings. The topological polar surface area (TPSA) is 29.0 Å². The normalized spacial score (nSPS) is 17.2. The predicted octanol–water partition coefficient (Wildman–Crippen LogP) is 2.64. The van der Waals surface area contributed by atoms with E-state index in [1.54, 1.807) is 0 Å². The Morgan fingerprint density at radius 1 is 1.13 bits per heavy atom. The van der Waals surface area contributed by atoms with Crippen LogP contribution in [0.1, 0.15) is 18.7 Å². The molecule has 0 atom stereocenters. The Bertz CT molecular complexity index is 317. The summed E-state index contributed by atoms with van der Waals surface area (Å²) in [4.78, 5) is 11.2. The summed E-state index contributed by atoms with van der Waals surface area (Å²) < 4.78 is 1.70. The molecule has 0 radical (unpaired) electrons. The first-order chi connectivity index (χ1) is 7.24. The van der Waals surface area contributed by atoms with Crippen LogP contribution in [0.2, 0.25) is 0 Å². The van der Waals surface area contributed by atoms with Gasteiger partial charge in [0.05, 0.1) is 0 Å². The smallest absolute Gasteiger partial charge is 0.132 e. The second kappa shape index (κ2) is 5.37. The van der Waals surface area contributed by atoms with Crippen molar-refractivity contribution in [1.29, 1.82) is 0 Å². The summed E-state index contributed by atoms with van der Waals surface area (Å²) in [7, 11) is 0. The maximum Gasteiger partial charge on any atom is 0.132 e. The number of halogens is 2. The molecule has 0 amide bonds. The average Bonchev–Trinajstić information content (AvgIpc) is 2.65. The lowest BCUT2D eigenvalue weighted by atomic mass is 10.3. The van der Waals surface area contributed by atoms with E-state index in [-0.39, 0.29) is 0 Å². The molecule has 1 aliphatic heterocycles. The van der Waals surface area contributed by atoms with Crippen LogP contribution in [0.3, 0.4) is 0 Å². The highest BCUT2D eigenvalue weighted by Gasteiger charge is 2.11. The Hall–Kier alpha value is -0.0000000000000000833. The fraction of sp³-hybridized carbons (Fsp3) is 0.600. The minimum Gasteiger partial charge on any atom is -0.303 e. The predicted molar refractivity (Wildman–Crippen MR) is 66.8 cm³/mol. The first-order valence-electron chi connectivity index (χ1n) is 5.15. The molecule has 0 aliphatic carbocycles. The van der Waals surface area contributed by atoms with E-state index >= 15 is 0 Å². The summed E-state index contributed by atoms with van der Waals surface area (Å²) in [6, 6.07) is 1.86. The van der Waals surface area contributed by atoms with Crippen LogP contribution in [0.4, 0.5) is 0 Å². The lowest BCUT2D eigenvalue weighted by Gasteiger charge is -2.13. The van der Waals surface area contributed by atoms with Crippen LogP contribution in [0, 0.1) is 0 Å². The highest BCUT2D eigenvalue weighted by Crippen LogP contribution is 2.14. The van der Waals surface area contributed by atoms with Crippen LogP contribution in [-0.2, 0) is 6.42 Å². The number of likely N-dealkylation sites (tertiary alicyclic amines) is 1. The van der Waals surface area contributed by atoms with Crippen molar-refractivity contribution in [2.45, 2.75) is 19.3 Å². The van der Waals surface area contributed by atoms with Crippen molar-refractivity contribution in [3.05, 3.63) is 21.1 Å². The van der Waals surface area contributed by atoms with Crippen molar-refractivity contribution >= 4 is 31.9 Å². The van der Waals surface area contributed by atoms with Crippen LogP contribution in [0.5, 0.6) is 0 Å². The molecule has 2 rings (SSSR count). The van der Waals surface area contributed by atoms with Gasteiger partial charge < -0.3 is 4.90 Å². The van der Waals surface area contributed by atoms with E-state index in [9.17, 15) is 0 Å². The lowest BCUT2D eigenvalue weighted by Crippen LogP contribution is -2.22. The summed E-state index contributed by atoms with van der Waals surface area (Å²) in [5, 5.41) is 0. The highest BCUT2D eigenvalue weighted by atomic mass is 79.9. The monoisotopic (exact) mass is 333 g/mol. The van der Waals surface area contributed by atoms with Crippen LogP contribution >= 0.6 is 31.9 Å². The summed E-state index contributed by atoms with van der Waals surface area (Å²) in [6.07, 6.45) is 3.60. The van der Waals surface area contributed by atoms with Gasteiger partial charge in [0.2, 0.25) is 0 Å². The fourth-order valence-electron chi connectivity index (χ4n) is 1.81. The van der Waals surface area contributed by atoms with Crippen molar-refractivity contribution in [3.8, 4) is 0 Å². The molecular weight excluding hydrogens is 322 g/mol. The van der Waals surface area contributed by atoms with E-state index in [1.807, 2.05) is 6.07 Å². The van der Waals surface area contributed by atoms with E-state index in [0.29, 0.717) is 0 Å². The van der Waals surface area contributed by atoms with Crippen LogP contribution < -0.4 is 0 Å². The van der Waals surface area contributed by atoms with Gasteiger partial charge in [-0.25, -0.2) is 9.97 Å². The first-order valence-corrected chi connectivity index (χ1v) is 6.74. The number of aromatic nitrogens is 2. The summed E-state index contributed by atoms with van der Waals surface area (Å²) >= 11 is 6.74. The van der Waals surface area contributed by atoms with Gasteiger partial charge in [0.1, 0.15) is 15.0 Å². The Balaban J connectivity index is 1.92. The molecule has 1 aromatic rings. The van der Waals surface area contributed by atoms with E-state index in [4.69, 9.17) is 0 Å². The molecule has 2 heterocycles. The zero-order valence-corrected chi connectivity index (χ0v) is 11.6. The average molecular weight is 335 g/mol. The summed E-state index contributed by atoms with van der Waals surface area (Å²) in [6.45, 7) is 3.53. The fourth-order valence-corrected chi connectivity index (χ4v) is 2.96. The van der Waals surface area contributed by atoms with Crippen molar-refractivity contribution in [2.24, 2.45) is 0 Å². The molecule has 1 fully saturated rings. The molecule has 0 unspecified atom stereocenters. The van der Waals surface area contributed by atoms with Gasteiger partial charge in [-0.1, -0.05) is 0 Å².